The van der Waals surface area contributed by atoms with E-state index in [0.29, 0.717) is 12.4 Å². The summed E-state index contributed by atoms with van der Waals surface area (Å²) in [6.07, 6.45) is 0.753. The Bertz CT molecular complexity index is 343. The summed E-state index contributed by atoms with van der Waals surface area (Å²) in [4.78, 5) is 6.51. The molecule has 0 aromatic heterocycles. The van der Waals surface area contributed by atoms with Crippen molar-refractivity contribution in [3.8, 4) is 0 Å². The van der Waals surface area contributed by atoms with Crippen molar-refractivity contribution in [1.29, 1.82) is 0 Å². The van der Waals surface area contributed by atoms with Gasteiger partial charge in [-0.05, 0) is 19.3 Å². The van der Waals surface area contributed by atoms with Crippen LogP contribution < -0.4 is 0 Å². The molecule has 3 aliphatic rings. The molecule has 102 valence electrons. The number of hydrogen-bond donors (Lipinski definition) is 3. The Kier molecular flexibility index (Phi) is 3.17. The molecule has 1 saturated carbocycles. The van der Waals surface area contributed by atoms with Crippen LogP contribution in [-0.4, -0.2) is 70.3 Å². The van der Waals surface area contributed by atoms with Gasteiger partial charge >= 0.3 is 0 Å². The van der Waals surface area contributed by atoms with Crippen LogP contribution in [0.25, 0.3) is 0 Å². The molecule has 3 rings (SSSR count). The van der Waals surface area contributed by atoms with Crippen molar-refractivity contribution in [3.05, 3.63) is 0 Å². The fourth-order valence-corrected chi connectivity index (χ4v) is 3.10. The maximum Gasteiger partial charge on any atom is 0.288 e. The van der Waals surface area contributed by atoms with Gasteiger partial charge in [-0.15, -0.1) is 0 Å². The third-order valence-electron chi connectivity index (χ3n) is 4.23. The Morgan fingerprint density at radius 3 is 2.61 bits per heavy atom. The lowest BCUT2D eigenvalue weighted by Crippen LogP contribution is -2.52. The molecular formula is C12H20N2O4. The van der Waals surface area contributed by atoms with Crippen molar-refractivity contribution < 1.29 is 20.1 Å². The lowest BCUT2D eigenvalue weighted by Gasteiger charge is -2.36. The molecule has 0 amide bonds. The van der Waals surface area contributed by atoms with Crippen LogP contribution in [0.2, 0.25) is 0 Å². The predicted molar refractivity (Wildman–Crippen MR) is 64.1 cm³/mol. The Labute approximate surface area is 106 Å². The number of amidine groups is 1. The molecule has 18 heavy (non-hydrogen) atoms. The minimum Gasteiger partial charge on any atom is -0.459 e. The molecule has 1 saturated heterocycles. The van der Waals surface area contributed by atoms with Gasteiger partial charge in [0.2, 0.25) is 0 Å². The lowest BCUT2D eigenvalue weighted by atomic mass is 9.80. The van der Waals surface area contributed by atoms with Gasteiger partial charge in [-0.2, -0.15) is 0 Å². The summed E-state index contributed by atoms with van der Waals surface area (Å²) in [7, 11) is 0. The monoisotopic (exact) mass is 256 g/mol. The zero-order valence-corrected chi connectivity index (χ0v) is 10.3. The van der Waals surface area contributed by atoms with Gasteiger partial charge in [0.1, 0.15) is 18.2 Å². The van der Waals surface area contributed by atoms with Crippen molar-refractivity contribution in [3.63, 3.8) is 0 Å². The van der Waals surface area contributed by atoms with Gasteiger partial charge in [0.25, 0.3) is 6.02 Å². The van der Waals surface area contributed by atoms with E-state index in [2.05, 4.69) is 9.89 Å². The summed E-state index contributed by atoms with van der Waals surface area (Å²) in [5, 5.41) is 29.1. The highest BCUT2D eigenvalue weighted by atomic mass is 16.5. The van der Waals surface area contributed by atoms with Crippen LogP contribution in [0.5, 0.6) is 0 Å². The van der Waals surface area contributed by atoms with E-state index in [4.69, 9.17) is 4.74 Å². The first-order valence-corrected chi connectivity index (χ1v) is 6.67. The summed E-state index contributed by atoms with van der Waals surface area (Å²) in [6, 6.07) is 0.214. The Balaban J connectivity index is 1.74. The zero-order valence-electron chi connectivity index (χ0n) is 10.3. The third-order valence-corrected chi connectivity index (χ3v) is 4.23. The normalized spacial score (nSPS) is 43.6. The van der Waals surface area contributed by atoms with Crippen molar-refractivity contribution in [2.75, 3.05) is 19.7 Å². The van der Waals surface area contributed by atoms with Crippen LogP contribution in [0.3, 0.4) is 0 Å². The number of aliphatic imine (C=N–C) groups is 1. The summed E-state index contributed by atoms with van der Waals surface area (Å²) in [6.45, 7) is 1.75. The van der Waals surface area contributed by atoms with Gasteiger partial charge in [0, 0.05) is 25.6 Å². The first-order chi connectivity index (χ1) is 8.70. The van der Waals surface area contributed by atoms with Crippen LogP contribution in [-0.2, 0) is 4.74 Å². The van der Waals surface area contributed by atoms with Crippen LogP contribution in [0, 0.1) is 5.92 Å². The molecular weight excluding hydrogens is 236 g/mol. The maximum atomic E-state index is 10.0. The van der Waals surface area contributed by atoms with Crippen LogP contribution in [0.15, 0.2) is 4.99 Å². The molecule has 0 aromatic carbocycles. The lowest BCUT2D eigenvalue weighted by molar-refractivity contribution is -0.0954. The van der Waals surface area contributed by atoms with E-state index in [1.165, 1.54) is 0 Å². The average molecular weight is 256 g/mol. The molecule has 1 aliphatic carbocycles. The number of rotatable bonds is 1. The SMILES string of the molecule is OCC1CC2OC(N3CCCC3)=NC2C(O)C1O. The average Bonchev–Trinajstić information content (AvgIpc) is 3.01. The highest BCUT2D eigenvalue weighted by molar-refractivity contribution is 5.76. The molecule has 0 aromatic rings. The molecule has 5 atom stereocenters. The molecule has 6 heteroatoms. The fraction of sp³-hybridized carbons (Fsp3) is 0.917. The fourth-order valence-electron chi connectivity index (χ4n) is 3.10. The minimum atomic E-state index is -0.944. The number of fused-ring (bicyclic) bond motifs is 1. The molecule has 2 aliphatic heterocycles. The van der Waals surface area contributed by atoms with Crippen molar-refractivity contribution in [1.82, 2.24) is 4.90 Å². The van der Waals surface area contributed by atoms with Gasteiger partial charge in [0.05, 0.1) is 6.10 Å². The highest BCUT2D eigenvalue weighted by Gasteiger charge is 2.48. The quantitative estimate of drug-likeness (QED) is 0.557. The number of aliphatic hydroxyl groups is 3. The number of likely N-dealkylation sites (tertiary alicyclic amines) is 1. The second kappa shape index (κ2) is 4.68. The summed E-state index contributed by atoms with van der Waals surface area (Å²) in [5.41, 5.74) is 0. The van der Waals surface area contributed by atoms with E-state index in [0.717, 1.165) is 25.9 Å². The Hall–Kier alpha value is -0.850. The van der Waals surface area contributed by atoms with Gasteiger partial charge in [0.15, 0.2) is 0 Å². The number of nitrogens with zero attached hydrogens (tertiary/aromatic N) is 2. The Morgan fingerprint density at radius 1 is 1.22 bits per heavy atom. The molecule has 6 nitrogen and oxygen atoms in total. The van der Waals surface area contributed by atoms with Crippen molar-refractivity contribution in [2.24, 2.45) is 10.9 Å². The van der Waals surface area contributed by atoms with E-state index >= 15 is 0 Å². The van der Waals surface area contributed by atoms with E-state index < -0.39 is 18.2 Å². The smallest absolute Gasteiger partial charge is 0.288 e. The Morgan fingerprint density at radius 2 is 1.94 bits per heavy atom. The molecule has 2 fully saturated rings. The second-order valence-electron chi connectivity index (χ2n) is 5.41. The topological polar surface area (TPSA) is 85.5 Å². The van der Waals surface area contributed by atoms with Gasteiger partial charge in [-0.3, -0.25) is 0 Å². The number of hydrogen-bond acceptors (Lipinski definition) is 6. The zero-order chi connectivity index (χ0) is 12.7. The van der Waals surface area contributed by atoms with E-state index in [-0.39, 0.29) is 18.6 Å². The van der Waals surface area contributed by atoms with Gasteiger partial charge in [-0.1, -0.05) is 0 Å². The van der Waals surface area contributed by atoms with Crippen LogP contribution in [0.1, 0.15) is 19.3 Å². The second-order valence-corrected chi connectivity index (χ2v) is 5.41. The predicted octanol–water partition coefficient (Wildman–Crippen LogP) is -1.06. The highest BCUT2D eigenvalue weighted by Crippen LogP contribution is 2.33. The van der Waals surface area contributed by atoms with Crippen LogP contribution >= 0.6 is 0 Å². The van der Waals surface area contributed by atoms with E-state index in [9.17, 15) is 15.3 Å². The van der Waals surface area contributed by atoms with Crippen LogP contribution in [0.4, 0.5) is 0 Å². The molecule has 5 unspecified atom stereocenters. The maximum absolute atomic E-state index is 10.0. The van der Waals surface area contributed by atoms with Crippen molar-refractivity contribution in [2.45, 2.75) is 43.6 Å². The third kappa shape index (κ3) is 1.88. The largest absolute Gasteiger partial charge is 0.459 e. The summed E-state index contributed by atoms with van der Waals surface area (Å²) in [5.74, 6) is -0.325. The van der Waals surface area contributed by atoms with E-state index in [1.54, 1.807) is 0 Å². The first-order valence-electron chi connectivity index (χ1n) is 6.67. The van der Waals surface area contributed by atoms with Gasteiger partial charge in [-0.25, -0.2) is 4.99 Å². The molecule has 3 N–H and O–H groups in total. The first kappa shape index (κ1) is 12.2. The van der Waals surface area contributed by atoms with Crippen molar-refractivity contribution >= 4 is 6.02 Å². The number of aliphatic hydroxyl groups excluding tert-OH is 3. The molecule has 0 radical (unpaired) electrons. The minimum absolute atomic E-state index is 0.135. The molecule has 0 spiro atoms. The van der Waals surface area contributed by atoms with E-state index in [1.807, 2.05) is 0 Å². The molecule has 2 heterocycles. The molecule has 0 bridgehead atoms. The van der Waals surface area contributed by atoms with Gasteiger partial charge < -0.3 is 25.0 Å². The summed E-state index contributed by atoms with van der Waals surface area (Å²) < 4.78 is 5.79. The summed E-state index contributed by atoms with van der Waals surface area (Å²) >= 11 is 0. The standard InChI is InChI=1S/C12H20N2O4/c15-6-7-5-8-9(11(17)10(7)16)13-12(18-8)14-3-1-2-4-14/h7-11,15-17H,1-6H2. The number of ether oxygens (including phenoxy) is 1.